The Kier molecular flexibility index (Phi) is 3.73. The van der Waals surface area contributed by atoms with E-state index in [9.17, 15) is 10.2 Å². The summed E-state index contributed by atoms with van der Waals surface area (Å²) >= 11 is 6.46. The molecule has 1 rings (SSSR count). The fourth-order valence-corrected chi connectivity index (χ4v) is 2.22. The molecule has 0 bridgehead atoms. The van der Waals surface area contributed by atoms with Gasteiger partial charge in [0.2, 0.25) is 0 Å². The van der Waals surface area contributed by atoms with Crippen LogP contribution in [-0.4, -0.2) is 43.8 Å². The topological polar surface area (TPSA) is 60.7 Å². The van der Waals surface area contributed by atoms with Crippen LogP contribution in [0.15, 0.2) is 11.6 Å². The molecule has 5 heteroatoms. The van der Waals surface area contributed by atoms with Gasteiger partial charge in [-0.2, -0.15) is 0 Å². The molecular weight excluding hydrogens is 292 g/mol. The highest BCUT2D eigenvalue weighted by Gasteiger charge is 2.35. The minimum atomic E-state index is -0.734. The van der Waals surface area contributed by atoms with Crippen molar-refractivity contribution in [2.75, 3.05) is 6.61 Å². The molecular formula is C7H10Br2O3. The summed E-state index contributed by atoms with van der Waals surface area (Å²) in [5.74, 6) is 0. The predicted molar refractivity (Wildman–Crippen MR) is 52.6 cm³/mol. The van der Waals surface area contributed by atoms with Crippen molar-refractivity contribution in [1.82, 2.24) is 0 Å². The number of halogens is 2. The van der Waals surface area contributed by atoms with Crippen molar-refractivity contribution < 1.29 is 15.3 Å². The fraction of sp³-hybridized carbons (Fsp3) is 0.714. The van der Waals surface area contributed by atoms with E-state index in [4.69, 9.17) is 5.11 Å². The lowest BCUT2D eigenvalue weighted by molar-refractivity contribution is 0.138. The average Bonchev–Trinajstić information content (AvgIpc) is 2.08. The maximum absolute atomic E-state index is 9.51. The highest BCUT2D eigenvalue weighted by molar-refractivity contribution is 9.12. The standard InChI is InChI=1S/C7H10Br2O3/c8-5-4(11)1-3(2-10)7(12)6(5)9/h1,4-7,10-12H,2H2/t4-,5+,6-,7-/m0/s1. The number of hydrogen-bond acceptors (Lipinski definition) is 3. The van der Waals surface area contributed by atoms with Crippen LogP contribution in [0, 0.1) is 0 Å². The van der Waals surface area contributed by atoms with Crippen LogP contribution in [0.2, 0.25) is 0 Å². The fourth-order valence-electron chi connectivity index (χ4n) is 1.12. The van der Waals surface area contributed by atoms with Gasteiger partial charge in [-0.05, 0) is 5.57 Å². The lowest BCUT2D eigenvalue weighted by Gasteiger charge is -2.31. The molecule has 0 amide bonds. The van der Waals surface area contributed by atoms with Gasteiger partial charge in [-0.3, -0.25) is 0 Å². The van der Waals surface area contributed by atoms with E-state index in [0.29, 0.717) is 5.57 Å². The molecule has 1 aliphatic carbocycles. The molecule has 0 saturated carbocycles. The molecule has 0 unspecified atom stereocenters. The van der Waals surface area contributed by atoms with Gasteiger partial charge >= 0.3 is 0 Å². The van der Waals surface area contributed by atoms with E-state index in [2.05, 4.69) is 31.9 Å². The molecule has 0 aliphatic heterocycles. The lowest BCUT2D eigenvalue weighted by atomic mass is 9.95. The van der Waals surface area contributed by atoms with Gasteiger partial charge in [-0.25, -0.2) is 0 Å². The molecule has 3 N–H and O–H groups in total. The summed E-state index contributed by atoms with van der Waals surface area (Å²) in [5.41, 5.74) is 0.458. The normalized spacial score (nSPS) is 42.6. The van der Waals surface area contributed by atoms with Crippen molar-refractivity contribution in [3.8, 4) is 0 Å². The Labute approximate surface area is 87.4 Å². The van der Waals surface area contributed by atoms with Gasteiger partial charge in [0.15, 0.2) is 0 Å². The number of aliphatic hydroxyl groups is 3. The Morgan fingerprint density at radius 1 is 1.25 bits per heavy atom. The summed E-state index contributed by atoms with van der Waals surface area (Å²) in [5, 5.41) is 27.7. The van der Waals surface area contributed by atoms with E-state index in [-0.39, 0.29) is 16.3 Å². The molecule has 0 aromatic rings. The quantitative estimate of drug-likeness (QED) is 0.478. The molecule has 1 aliphatic rings. The zero-order chi connectivity index (χ0) is 9.30. The van der Waals surface area contributed by atoms with Crippen molar-refractivity contribution >= 4 is 31.9 Å². The lowest BCUT2D eigenvalue weighted by Crippen LogP contribution is -2.42. The van der Waals surface area contributed by atoms with Crippen LogP contribution in [0.4, 0.5) is 0 Å². The zero-order valence-electron chi connectivity index (χ0n) is 6.19. The highest BCUT2D eigenvalue weighted by Crippen LogP contribution is 2.30. The summed E-state index contributed by atoms with van der Waals surface area (Å²) in [6.45, 7) is -0.222. The smallest absolute Gasteiger partial charge is 0.0910 e. The minimum absolute atomic E-state index is 0.220. The first kappa shape index (κ1) is 10.7. The first-order valence-electron chi connectivity index (χ1n) is 3.53. The second kappa shape index (κ2) is 4.19. The second-order valence-electron chi connectivity index (χ2n) is 2.72. The Hall–Kier alpha value is 0.580. The van der Waals surface area contributed by atoms with Crippen molar-refractivity contribution in [1.29, 1.82) is 0 Å². The third-order valence-corrected chi connectivity index (χ3v) is 4.77. The molecule has 12 heavy (non-hydrogen) atoms. The van der Waals surface area contributed by atoms with Gasteiger partial charge in [0, 0.05) is 0 Å². The molecule has 0 saturated heterocycles. The van der Waals surface area contributed by atoms with E-state index in [1.807, 2.05) is 0 Å². The van der Waals surface area contributed by atoms with E-state index in [0.717, 1.165) is 0 Å². The zero-order valence-corrected chi connectivity index (χ0v) is 9.36. The van der Waals surface area contributed by atoms with Crippen LogP contribution in [-0.2, 0) is 0 Å². The van der Waals surface area contributed by atoms with Crippen LogP contribution < -0.4 is 0 Å². The van der Waals surface area contributed by atoms with Crippen molar-refractivity contribution in [2.24, 2.45) is 0 Å². The van der Waals surface area contributed by atoms with Crippen molar-refractivity contribution in [3.63, 3.8) is 0 Å². The molecule has 4 atom stereocenters. The molecule has 0 radical (unpaired) electrons. The first-order chi connectivity index (χ1) is 5.57. The van der Waals surface area contributed by atoms with E-state index >= 15 is 0 Å². The molecule has 0 aromatic carbocycles. The van der Waals surface area contributed by atoms with E-state index in [1.54, 1.807) is 0 Å². The average molecular weight is 302 g/mol. The first-order valence-corrected chi connectivity index (χ1v) is 5.36. The molecule has 0 heterocycles. The minimum Gasteiger partial charge on any atom is -0.392 e. The summed E-state index contributed by atoms with van der Waals surface area (Å²) in [7, 11) is 0. The summed E-state index contributed by atoms with van der Waals surface area (Å²) in [4.78, 5) is -0.484. The Balaban J connectivity index is 2.84. The molecule has 0 aromatic heterocycles. The number of hydrogen-bond donors (Lipinski definition) is 3. The van der Waals surface area contributed by atoms with Gasteiger partial charge in [-0.1, -0.05) is 37.9 Å². The van der Waals surface area contributed by atoms with Gasteiger partial charge in [0.1, 0.15) is 0 Å². The number of aliphatic hydroxyl groups excluding tert-OH is 3. The van der Waals surface area contributed by atoms with Crippen molar-refractivity contribution in [3.05, 3.63) is 11.6 Å². The van der Waals surface area contributed by atoms with Gasteiger partial charge in [0.05, 0.1) is 28.5 Å². The van der Waals surface area contributed by atoms with Crippen LogP contribution >= 0.6 is 31.9 Å². The maximum atomic E-state index is 9.51. The Morgan fingerprint density at radius 2 is 1.83 bits per heavy atom. The van der Waals surface area contributed by atoms with Gasteiger partial charge in [0.25, 0.3) is 0 Å². The van der Waals surface area contributed by atoms with E-state index in [1.165, 1.54) is 6.08 Å². The number of alkyl halides is 2. The molecule has 3 nitrogen and oxygen atoms in total. The van der Waals surface area contributed by atoms with Crippen LogP contribution in [0.1, 0.15) is 0 Å². The summed E-state index contributed by atoms with van der Waals surface area (Å²) < 4.78 is 0. The Morgan fingerprint density at radius 3 is 2.33 bits per heavy atom. The summed E-state index contributed by atoms with van der Waals surface area (Å²) in [6.07, 6.45) is 0.0738. The van der Waals surface area contributed by atoms with Gasteiger partial charge < -0.3 is 15.3 Å². The third kappa shape index (κ3) is 1.90. The Bertz CT molecular complexity index is 195. The maximum Gasteiger partial charge on any atom is 0.0910 e. The third-order valence-electron chi connectivity index (χ3n) is 1.88. The summed E-state index contributed by atoms with van der Waals surface area (Å²) in [6, 6.07) is 0. The largest absolute Gasteiger partial charge is 0.392 e. The monoisotopic (exact) mass is 300 g/mol. The van der Waals surface area contributed by atoms with Crippen LogP contribution in [0.3, 0.4) is 0 Å². The van der Waals surface area contributed by atoms with Crippen LogP contribution in [0.5, 0.6) is 0 Å². The SMILES string of the molecule is OCC1=C[C@H](O)[C@@H](Br)[C@H](Br)[C@H]1O. The number of rotatable bonds is 1. The molecule has 70 valence electrons. The second-order valence-corrected chi connectivity index (χ2v) is 4.84. The molecule has 0 spiro atoms. The predicted octanol–water partition coefficient (Wildman–Crippen LogP) is 0.167. The van der Waals surface area contributed by atoms with E-state index < -0.39 is 12.2 Å². The highest BCUT2D eigenvalue weighted by atomic mass is 79.9. The molecule has 0 fully saturated rings. The van der Waals surface area contributed by atoms with Crippen LogP contribution in [0.25, 0.3) is 0 Å². The van der Waals surface area contributed by atoms with Gasteiger partial charge in [-0.15, -0.1) is 0 Å². The van der Waals surface area contributed by atoms with Crippen molar-refractivity contribution in [2.45, 2.75) is 21.9 Å².